The zero-order valence-electron chi connectivity index (χ0n) is 13.1. The number of fused-ring (bicyclic) bond motifs is 1. The Kier molecular flexibility index (Phi) is 4.59. The third-order valence-electron chi connectivity index (χ3n) is 3.91. The topological polar surface area (TPSA) is 96.7 Å². The maximum absolute atomic E-state index is 12.4. The molecule has 0 spiro atoms. The molecule has 2 N–H and O–H groups in total. The van der Waals surface area contributed by atoms with E-state index in [1.165, 1.54) is 12.3 Å². The lowest BCUT2D eigenvalue weighted by Crippen LogP contribution is -2.44. The molecule has 0 atom stereocenters. The summed E-state index contributed by atoms with van der Waals surface area (Å²) < 4.78 is 6.25. The average Bonchev–Trinajstić information content (AvgIpc) is 2.57. The van der Waals surface area contributed by atoms with E-state index in [4.69, 9.17) is 16.7 Å². The molecule has 2 aromatic heterocycles. The third kappa shape index (κ3) is 3.02. The number of nitrogens with one attached hydrogen (secondary N) is 1. The summed E-state index contributed by atoms with van der Waals surface area (Å²) in [6.07, 6.45) is -0.174. The zero-order valence-corrected chi connectivity index (χ0v) is 13.8. The molecule has 0 saturated carbocycles. The molecule has 8 nitrogen and oxygen atoms in total. The van der Waals surface area contributed by atoms with E-state index < -0.39 is 11.6 Å². The van der Waals surface area contributed by atoms with E-state index in [1.807, 2.05) is 6.92 Å². The lowest BCUT2D eigenvalue weighted by atomic mass is 10.2. The van der Waals surface area contributed by atoms with Crippen molar-refractivity contribution in [1.82, 2.24) is 14.9 Å². The summed E-state index contributed by atoms with van der Waals surface area (Å²) in [5, 5.41) is 12.6. The molecule has 2 aromatic rings. The largest absolute Gasteiger partial charge is 0.511 e. The van der Waals surface area contributed by atoms with Crippen LogP contribution >= 0.6 is 11.6 Å². The molecule has 9 heteroatoms. The monoisotopic (exact) mass is 352 g/mol. The van der Waals surface area contributed by atoms with Crippen molar-refractivity contribution in [1.29, 1.82) is 0 Å². The van der Waals surface area contributed by atoms with Gasteiger partial charge in [-0.15, -0.1) is 0 Å². The molecule has 1 fully saturated rings. The lowest BCUT2D eigenvalue weighted by molar-refractivity contribution is 0.144. The van der Waals surface area contributed by atoms with Crippen molar-refractivity contribution in [3.8, 4) is 5.75 Å². The molecule has 0 radical (unpaired) electrons. The van der Waals surface area contributed by atoms with Gasteiger partial charge in [-0.25, -0.2) is 9.78 Å². The maximum atomic E-state index is 12.4. The second-order valence-corrected chi connectivity index (χ2v) is 5.79. The molecule has 1 saturated heterocycles. The highest BCUT2D eigenvalue weighted by Gasteiger charge is 2.20. The number of aryl methyl sites for hydroxylation is 1. The van der Waals surface area contributed by atoms with Crippen molar-refractivity contribution in [2.75, 3.05) is 31.1 Å². The van der Waals surface area contributed by atoms with Crippen LogP contribution in [0.3, 0.4) is 0 Å². The first-order chi connectivity index (χ1) is 11.5. The molecule has 1 aliphatic heterocycles. The second-order valence-electron chi connectivity index (χ2n) is 5.38. The Morgan fingerprint density at radius 3 is 2.79 bits per heavy atom. The van der Waals surface area contributed by atoms with Gasteiger partial charge in [0, 0.05) is 32.7 Å². The number of aromatic nitrogens is 2. The van der Waals surface area contributed by atoms with Gasteiger partial charge in [0.2, 0.25) is 5.43 Å². The normalized spacial score (nSPS) is 14.8. The highest BCUT2D eigenvalue weighted by atomic mass is 35.5. The molecule has 0 amide bonds. The molecule has 128 valence electrons. The number of hydrogen-bond acceptors (Lipinski definition) is 6. The van der Waals surface area contributed by atoms with E-state index in [0.717, 1.165) is 26.2 Å². The number of anilines is 1. The number of nitrogens with zero attached hydrogens (tertiary/aromatic N) is 3. The van der Waals surface area contributed by atoms with Gasteiger partial charge in [-0.1, -0.05) is 11.6 Å². The first-order valence-electron chi connectivity index (χ1n) is 7.61. The van der Waals surface area contributed by atoms with Crippen molar-refractivity contribution in [2.45, 2.75) is 13.5 Å². The van der Waals surface area contributed by atoms with Crippen molar-refractivity contribution >= 4 is 34.6 Å². The Balaban J connectivity index is 2.18. The molecule has 3 rings (SSSR count). The van der Waals surface area contributed by atoms with Crippen LogP contribution in [0.25, 0.3) is 11.0 Å². The van der Waals surface area contributed by atoms with Crippen LogP contribution in [-0.2, 0) is 6.54 Å². The van der Waals surface area contributed by atoms with Gasteiger partial charge in [0.25, 0.3) is 0 Å². The fourth-order valence-corrected chi connectivity index (χ4v) is 3.03. The number of halogens is 1. The number of carboxylic acid groups (broad SMARTS) is 1. The van der Waals surface area contributed by atoms with Gasteiger partial charge in [-0.05, 0) is 13.0 Å². The summed E-state index contributed by atoms with van der Waals surface area (Å²) in [5.74, 6) is 0.365. The lowest BCUT2D eigenvalue weighted by Gasteiger charge is -2.29. The van der Waals surface area contributed by atoms with Gasteiger partial charge in [-0.3, -0.25) is 4.79 Å². The van der Waals surface area contributed by atoms with Crippen LogP contribution in [0, 0.1) is 0 Å². The van der Waals surface area contributed by atoms with Crippen LogP contribution in [-0.4, -0.2) is 47.0 Å². The maximum Gasteiger partial charge on any atom is 0.511 e. The summed E-state index contributed by atoms with van der Waals surface area (Å²) >= 11 is 6.33. The van der Waals surface area contributed by atoms with Crippen molar-refractivity contribution in [3.05, 3.63) is 27.5 Å². The van der Waals surface area contributed by atoms with Gasteiger partial charge in [0.15, 0.2) is 5.75 Å². The van der Waals surface area contributed by atoms with Crippen LogP contribution < -0.4 is 20.4 Å². The molecular formula is C15H17ClN4O4. The van der Waals surface area contributed by atoms with Gasteiger partial charge in [0.05, 0.1) is 16.6 Å². The van der Waals surface area contributed by atoms with Gasteiger partial charge in [0.1, 0.15) is 11.5 Å². The van der Waals surface area contributed by atoms with Crippen LogP contribution in [0.15, 0.2) is 17.1 Å². The highest BCUT2D eigenvalue weighted by molar-refractivity contribution is 6.33. The van der Waals surface area contributed by atoms with Crippen LogP contribution in [0.1, 0.15) is 6.92 Å². The number of ether oxygens (including phenoxy) is 1. The molecule has 24 heavy (non-hydrogen) atoms. The summed E-state index contributed by atoms with van der Waals surface area (Å²) in [5.41, 5.74) is -0.0865. The molecule has 3 heterocycles. The fraction of sp³-hybridized carbons (Fsp3) is 0.400. The highest BCUT2D eigenvalue weighted by Crippen LogP contribution is 2.28. The fourth-order valence-electron chi connectivity index (χ4n) is 2.76. The molecule has 0 aromatic carbocycles. The smallest absolute Gasteiger partial charge is 0.449 e. The summed E-state index contributed by atoms with van der Waals surface area (Å²) in [7, 11) is 0. The first-order valence-corrected chi connectivity index (χ1v) is 7.99. The van der Waals surface area contributed by atoms with Gasteiger partial charge in [-0.2, -0.15) is 0 Å². The summed E-state index contributed by atoms with van der Waals surface area (Å²) in [4.78, 5) is 29.8. The Morgan fingerprint density at radius 1 is 1.46 bits per heavy atom. The Hall–Kier alpha value is -2.32. The summed E-state index contributed by atoms with van der Waals surface area (Å²) in [6.45, 7) is 5.59. The number of rotatable bonds is 3. The quantitative estimate of drug-likeness (QED) is 0.808. The standard InChI is InChI=1S/C15H17ClN4O4/c1-2-19-8-11(24-15(22)23)12(21)9-7-10(16)14(18-13(9)19)20-5-3-17-4-6-20/h7-8,17H,2-6H2,1H3,(H,22,23). The number of pyridine rings is 2. The van der Waals surface area contributed by atoms with E-state index in [0.29, 0.717) is 23.0 Å². The van der Waals surface area contributed by atoms with Crippen molar-refractivity contribution in [2.24, 2.45) is 0 Å². The number of piperazine rings is 1. The Bertz CT molecular complexity index is 845. The van der Waals surface area contributed by atoms with E-state index in [2.05, 4.69) is 19.9 Å². The average molecular weight is 353 g/mol. The minimum absolute atomic E-state index is 0.236. The SMILES string of the molecule is CCn1cc(OC(=O)O)c(=O)c2cc(Cl)c(N3CCNCC3)nc21. The van der Waals surface area contributed by atoms with Crippen LogP contribution in [0.5, 0.6) is 5.75 Å². The van der Waals surface area contributed by atoms with E-state index >= 15 is 0 Å². The van der Waals surface area contributed by atoms with Crippen molar-refractivity contribution < 1.29 is 14.6 Å². The minimum atomic E-state index is -1.54. The number of hydrogen-bond donors (Lipinski definition) is 2. The summed E-state index contributed by atoms with van der Waals surface area (Å²) in [6, 6.07) is 1.53. The molecule has 1 aliphatic rings. The third-order valence-corrected chi connectivity index (χ3v) is 4.18. The van der Waals surface area contributed by atoms with E-state index in [-0.39, 0.29) is 11.1 Å². The Labute approximate surface area is 142 Å². The first kappa shape index (κ1) is 16.5. The molecule has 0 aliphatic carbocycles. The minimum Gasteiger partial charge on any atom is -0.449 e. The zero-order chi connectivity index (χ0) is 17.3. The van der Waals surface area contributed by atoms with E-state index in [9.17, 15) is 9.59 Å². The van der Waals surface area contributed by atoms with Crippen LogP contribution in [0.4, 0.5) is 10.6 Å². The van der Waals surface area contributed by atoms with Gasteiger partial charge >= 0.3 is 6.16 Å². The molecular weight excluding hydrogens is 336 g/mol. The van der Waals surface area contributed by atoms with Crippen LogP contribution in [0.2, 0.25) is 5.02 Å². The number of carbonyl (C=O) groups is 1. The van der Waals surface area contributed by atoms with Gasteiger partial charge < -0.3 is 24.6 Å². The Morgan fingerprint density at radius 2 is 2.17 bits per heavy atom. The predicted molar refractivity (Wildman–Crippen MR) is 90.4 cm³/mol. The van der Waals surface area contributed by atoms with Crippen molar-refractivity contribution in [3.63, 3.8) is 0 Å². The molecule has 0 bridgehead atoms. The van der Waals surface area contributed by atoms with E-state index in [1.54, 1.807) is 4.57 Å². The predicted octanol–water partition coefficient (Wildman–Crippen LogP) is 1.54. The molecule has 0 unspecified atom stereocenters. The second kappa shape index (κ2) is 6.66.